The normalized spacial score (nSPS) is 11.5. The van der Waals surface area contributed by atoms with E-state index >= 15 is 0 Å². The molecule has 37 heavy (non-hydrogen) atoms. The van der Waals surface area contributed by atoms with E-state index in [0.717, 1.165) is 22.3 Å². The Morgan fingerprint density at radius 1 is 0.676 bits per heavy atom. The lowest BCUT2D eigenvalue weighted by atomic mass is 10.0. The van der Waals surface area contributed by atoms with Gasteiger partial charge in [0.2, 0.25) is 11.8 Å². The van der Waals surface area contributed by atoms with Crippen molar-refractivity contribution in [2.24, 2.45) is 0 Å². The minimum atomic E-state index is -0.723. The second-order valence-electron chi connectivity index (χ2n) is 9.04. The SMILES string of the molecule is O=C(NCCc1ccccc1)[C@@H](Cc1ccccc1)N(Cc1ccc(F)cc1)C(=O)Cc1ccccc1. The molecule has 1 atom stereocenters. The van der Waals surface area contributed by atoms with E-state index in [1.807, 2.05) is 91.0 Å². The monoisotopic (exact) mass is 494 g/mol. The average molecular weight is 495 g/mol. The van der Waals surface area contributed by atoms with Crippen LogP contribution in [-0.4, -0.2) is 29.3 Å². The molecule has 0 aliphatic rings. The van der Waals surface area contributed by atoms with Crippen molar-refractivity contribution in [3.63, 3.8) is 0 Å². The number of halogens is 1. The van der Waals surface area contributed by atoms with Gasteiger partial charge in [0.05, 0.1) is 6.42 Å². The van der Waals surface area contributed by atoms with Gasteiger partial charge in [0.25, 0.3) is 0 Å². The first kappa shape index (κ1) is 25.8. The Morgan fingerprint density at radius 3 is 1.81 bits per heavy atom. The lowest BCUT2D eigenvalue weighted by Crippen LogP contribution is -2.51. The molecule has 0 saturated heterocycles. The van der Waals surface area contributed by atoms with Crippen LogP contribution in [0.4, 0.5) is 4.39 Å². The van der Waals surface area contributed by atoms with E-state index in [4.69, 9.17) is 0 Å². The topological polar surface area (TPSA) is 49.4 Å². The molecule has 0 unspecified atom stereocenters. The van der Waals surface area contributed by atoms with E-state index in [1.165, 1.54) is 12.1 Å². The van der Waals surface area contributed by atoms with Gasteiger partial charge >= 0.3 is 0 Å². The molecule has 2 amide bonds. The first-order chi connectivity index (χ1) is 18.1. The summed E-state index contributed by atoms with van der Waals surface area (Å²) in [7, 11) is 0. The van der Waals surface area contributed by atoms with Crippen LogP contribution >= 0.6 is 0 Å². The fourth-order valence-electron chi connectivity index (χ4n) is 4.31. The van der Waals surface area contributed by atoms with Crippen molar-refractivity contribution in [1.82, 2.24) is 10.2 Å². The summed E-state index contributed by atoms with van der Waals surface area (Å²) in [5.74, 6) is -0.705. The molecular formula is C32H31FN2O2. The van der Waals surface area contributed by atoms with Crippen molar-refractivity contribution in [3.8, 4) is 0 Å². The van der Waals surface area contributed by atoms with E-state index < -0.39 is 6.04 Å². The van der Waals surface area contributed by atoms with Gasteiger partial charge in [0.15, 0.2) is 0 Å². The Kier molecular flexibility index (Phi) is 9.19. The molecule has 0 heterocycles. The molecular weight excluding hydrogens is 463 g/mol. The van der Waals surface area contributed by atoms with Gasteiger partial charge in [-0.25, -0.2) is 4.39 Å². The van der Waals surface area contributed by atoms with Gasteiger partial charge in [0, 0.05) is 19.5 Å². The highest BCUT2D eigenvalue weighted by molar-refractivity contribution is 5.88. The first-order valence-corrected chi connectivity index (χ1v) is 12.5. The fourth-order valence-corrected chi connectivity index (χ4v) is 4.31. The lowest BCUT2D eigenvalue weighted by Gasteiger charge is -2.31. The third kappa shape index (κ3) is 7.87. The maximum atomic E-state index is 13.7. The first-order valence-electron chi connectivity index (χ1n) is 12.5. The number of carbonyl (C=O) groups excluding carboxylic acids is 2. The van der Waals surface area contributed by atoms with Gasteiger partial charge in [-0.15, -0.1) is 0 Å². The molecule has 0 saturated carbocycles. The van der Waals surface area contributed by atoms with Crippen LogP contribution < -0.4 is 5.32 Å². The summed E-state index contributed by atoms with van der Waals surface area (Å²) in [5, 5.41) is 3.05. The summed E-state index contributed by atoms with van der Waals surface area (Å²) in [4.78, 5) is 28.9. The van der Waals surface area contributed by atoms with Crippen LogP contribution in [0.3, 0.4) is 0 Å². The number of carbonyl (C=O) groups is 2. The van der Waals surface area contributed by atoms with Gasteiger partial charge < -0.3 is 10.2 Å². The summed E-state index contributed by atoms with van der Waals surface area (Å²) in [5.41, 5.74) is 3.73. The predicted molar refractivity (Wildman–Crippen MR) is 144 cm³/mol. The molecule has 0 fully saturated rings. The largest absolute Gasteiger partial charge is 0.354 e. The number of benzene rings is 4. The molecule has 0 radical (unpaired) electrons. The zero-order valence-electron chi connectivity index (χ0n) is 20.7. The quantitative estimate of drug-likeness (QED) is 0.305. The highest BCUT2D eigenvalue weighted by atomic mass is 19.1. The van der Waals surface area contributed by atoms with E-state index in [9.17, 15) is 14.0 Å². The van der Waals surface area contributed by atoms with Gasteiger partial charge in [0.1, 0.15) is 11.9 Å². The van der Waals surface area contributed by atoms with Crippen LogP contribution in [0.15, 0.2) is 115 Å². The van der Waals surface area contributed by atoms with Crippen LogP contribution in [0.2, 0.25) is 0 Å². The lowest BCUT2D eigenvalue weighted by molar-refractivity contribution is -0.140. The Balaban J connectivity index is 1.59. The van der Waals surface area contributed by atoms with Crippen LogP contribution in [0.1, 0.15) is 22.3 Å². The minimum Gasteiger partial charge on any atom is -0.354 e. The summed E-state index contributed by atoms with van der Waals surface area (Å²) in [6.45, 7) is 0.668. The van der Waals surface area contributed by atoms with Gasteiger partial charge in [-0.2, -0.15) is 0 Å². The highest BCUT2D eigenvalue weighted by Crippen LogP contribution is 2.17. The van der Waals surface area contributed by atoms with Gasteiger partial charge in [-0.05, 0) is 40.8 Å². The molecule has 4 nitrogen and oxygen atoms in total. The van der Waals surface area contributed by atoms with Crippen LogP contribution in [0, 0.1) is 5.82 Å². The Hall–Kier alpha value is -4.25. The number of nitrogens with one attached hydrogen (secondary N) is 1. The molecule has 5 heteroatoms. The number of hydrogen-bond donors (Lipinski definition) is 1. The van der Waals surface area contributed by atoms with Crippen molar-refractivity contribution in [2.75, 3.05) is 6.54 Å². The molecule has 0 aliphatic carbocycles. The summed E-state index contributed by atoms with van der Waals surface area (Å²) < 4.78 is 13.6. The molecule has 4 rings (SSSR count). The molecule has 4 aromatic carbocycles. The number of nitrogens with zero attached hydrogens (tertiary/aromatic N) is 1. The maximum Gasteiger partial charge on any atom is 0.243 e. The fraction of sp³-hybridized carbons (Fsp3) is 0.188. The highest BCUT2D eigenvalue weighted by Gasteiger charge is 2.30. The van der Waals surface area contributed by atoms with E-state index in [1.54, 1.807) is 17.0 Å². The second kappa shape index (κ2) is 13.2. The Bertz CT molecular complexity index is 1260. The van der Waals surface area contributed by atoms with Crippen LogP contribution in [0.5, 0.6) is 0 Å². The molecule has 4 aromatic rings. The summed E-state index contributed by atoms with van der Waals surface area (Å²) in [6.07, 6.45) is 1.24. The molecule has 188 valence electrons. The standard InChI is InChI=1S/C32H31FN2O2/c33-29-18-16-28(17-19-29)24-35(31(36)23-27-14-8-3-9-15-27)30(22-26-12-6-2-7-13-26)32(37)34-21-20-25-10-4-1-5-11-25/h1-19,30H,20-24H2,(H,34,37)/t30-/m1/s1. The van der Waals surface area contributed by atoms with Crippen LogP contribution in [0.25, 0.3) is 0 Å². The maximum absolute atomic E-state index is 13.7. The average Bonchev–Trinajstić information content (AvgIpc) is 2.93. The Morgan fingerprint density at radius 2 is 1.22 bits per heavy atom. The van der Waals surface area contributed by atoms with Crippen LogP contribution in [-0.2, 0) is 35.4 Å². The van der Waals surface area contributed by atoms with Crippen molar-refractivity contribution in [1.29, 1.82) is 0 Å². The molecule has 1 N–H and O–H groups in total. The van der Waals surface area contributed by atoms with Crippen molar-refractivity contribution < 1.29 is 14.0 Å². The molecule has 0 bridgehead atoms. The molecule has 0 spiro atoms. The molecule has 0 aromatic heterocycles. The Labute approximate surface area is 217 Å². The van der Waals surface area contributed by atoms with E-state index in [2.05, 4.69) is 5.32 Å². The third-order valence-electron chi connectivity index (χ3n) is 6.29. The second-order valence-corrected chi connectivity index (χ2v) is 9.04. The van der Waals surface area contributed by atoms with Gasteiger partial charge in [-0.3, -0.25) is 9.59 Å². The van der Waals surface area contributed by atoms with E-state index in [-0.39, 0.29) is 30.6 Å². The van der Waals surface area contributed by atoms with Gasteiger partial charge in [-0.1, -0.05) is 103 Å². The summed E-state index contributed by atoms with van der Waals surface area (Å²) >= 11 is 0. The summed E-state index contributed by atoms with van der Waals surface area (Å²) in [6, 6.07) is 34.5. The third-order valence-corrected chi connectivity index (χ3v) is 6.29. The van der Waals surface area contributed by atoms with E-state index in [0.29, 0.717) is 19.4 Å². The van der Waals surface area contributed by atoms with Crippen molar-refractivity contribution >= 4 is 11.8 Å². The minimum absolute atomic E-state index is 0.158. The number of amides is 2. The molecule has 0 aliphatic heterocycles. The van der Waals surface area contributed by atoms with Crippen molar-refractivity contribution in [3.05, 3.63) is 143 Å². The zero-order chi connectivity index (χ0) is 25.9. The zero-order valence-corrected chi connectivity index (χ0v) is 20.7. The number of hydrogen-bond acceptors (Lipinski definition) is 2. The smallest absolute Gasteiger partial charge is 0.243 e. The van der Waals surface area contributed by atoms with Crippen molar-refractivity contribution in [2.45, 2.75) is 31.8 Å². The predicted octanol–water partition coefficient (Wildman–Crippen LogP) is 5.37. The number of rotatable bonds is 11.